The van der Waals surface area contributed by atoms with Crippen LogP contribution in [0.2, 0.25) is 0 Å². The minimum atomic E-state index is -1.19. The fourth-order valence-corrected chi connectivity index (χ4v) is 2.66. The van der Waals surface area contributed by atoms with E-state index in [-0.39, 0.29) is 37.8 Å². The third-order valence-electron chi connectivity index (χ3n) is 4.34. The number of hydrogen-bond acceptors (Lipinski definition) is 5. The van der Waals surface area contributed by atoms with Crippen LogP contribution in [0, 0.1) is 5.92 Å². The summed E-state index contributed by atoms with van der Waals surface area (Å²) in [5.74, 6) is -1.01. The van der Waals surface area contributed by atoms with Gasteiger partial charge in [-0.3, -0.25) is 9.59 Å². The van der Waals surface area contributed by atoms with Crippen molar-refractivity contribution in [3.05, 3.63) is 35.4 Å². The highest BCUT2D eigenvalue weighted by Crippen LogP contribution is 2.28. The lowest BCUT2D eigenvalue weighted by Crippen LogP contribution is -2.38. The highest BCUT2D eigenvalue weighted by molar-refractivity contribution is 5.95. The van der Waals surface area contributed by atoms with E-state index < -0.39 is 11.6 Å². The summed E-state index contributed by atoms with van der Waals surface area (Å²) in [6.07, 6.45) is 0.551. The van der Waals surface area contributed by atoms with Crippen molar-refractivity contribution in [3.63, 3.8) is 0 Å². The Bertz CT molecular complexity index is 552. The largest absolute Gasteiger partial charge is 0.466 e. The zero-order valence-corrected chi connectivity index (χ0v) is 14.7. The van der Waals surface area contributed by atoms with E-state index in [0.29, 0.717) is 12.8 Å². The lowest BCUT2D eigenvalue weighted by molar-refractivity contribution is -0.146. The number of aliphatic hydroxyl groups excluding tert-OH is 1. The van der Waals surface area contributed by atoms with Gasteiger partial charge >= 0.3 is 5.97 Å². The number of benzene rings is 1. The summed E-state index contributed by atoms with van der Waals surface area (Å²) in [5.41, 5.74) is 0.588. The molecule has 0 saturated heterocycles. The number of Topliss-reactive ketones (excluding diaryl/α,β-unsaturated/α-hetero) is 1. The van der Waals surface area contributed by atoms with Crippen molar-refractivity contribution in [2.75, 3.05) is 6.61 Å². The van der Waals surface area contributed by atoms with E-state index in [2.05, 4.69) is 0 Å². The molecule has 0 radical (unpaired) electrons. The Kier molecular flexibility index (Phi) is 8.08. The van der Waals surface area contributed by atoms with Crippen LogP contribution in [0.5, 0.6) is 0 Å². The monoisotopic (exact) mass is 336 g/mol. The van der Waals surface area contributed by atoms with E-state index in [1.54, 1.807) is 6.92 Å². The standard InChI is InChI=1S/C19H28O5/c1-4-24-18(22)11-17(21)12-19(23,14(2)3)10-9-15-7-5-6-8-16(15)13-20/h5-8,14,20,23H,4,9-13H2,1-3H3/t19-/m0/s1. The Morgan fingerprint density at radius 3 is 2.38 bits per heavy atom. The Labute approximate surface area is 143 Å². The number of rotatable bonds is 10. The SMILES string of the molecule is CCOC(=O)CC(=O)C[C@@](O)(CCc1ccccc1CO)C(C)C. The van der Waals surface area contributed by atoms with Crippen molar-refractivity contribution in [1.29, 1.82) is 0 Å². The molecule has 0 aliphatic carbocycles. The molecule has 0 spiro atoms. The molecule has 1 aromatic carbocycles. The molecule has 0 aliphatic heterocycles. The van der Waals surface area contributed by atoms with Gasteiger partial charge in [0.25, 0.3) is 0 Å². The summed E-state index contributed by atoms with van der Waals surface area (Å²) >= 11 is 0. The summed E-state index contributed by atoms with van der Waals surface area (Å²) in [5, 5.41) is 20.3. The van der Waals surface area contributed by atoms with Gasteiger partial charge in [0, 0.05) is 6.42 Å². The third-order valence-corrected chi connectivity index (χ3v) is 4.34. The molecule has 1 rings (SSSR count). The number of esters is 1. The summed E-state index contributed by atoms with van der Waals surface area (Å²) in [6, 6.07) is 7.49. The predicted molar refractivity (Wildman–Crippen MR) is 91.3 cm³/mol. The molecule has 1 atom stereocenters. The highest BCUT2D eigenvalue weighted by Gasteiger charge is 2.34. The van der Waals surface area contributed by atoms with Gasteiger partial charge in [-0.15, -0.1) is 0 Å². The van der Waals surface area contributed by atoms with Crippen molar-refractivity contribution < 1.29 is 24.5 Å². The summed E-state index contributed by atoms with van der Waals surface area (Å²) in [4.78, 5) is 23.5. The first-order valence-corrected chi connectivity index (χ1v) is 8.39. The molecular formula is C19H28O5. The molecule has 0 fully saturated rings. The van der Waals surface area contributed by atoms with Crippen LogP contribution < -0.4 is 0 Å². The Morgan fingerprint density at radius 1 is 1.21 bits per heavy atom. The van der Waals surface area contributed by atoms with Crippen LogP contribution in [0.3, 0.4) is 0 Å². The third kappa shape index (κ3) is 6.06. The topological polar surface area (TPSA) is 83.8 Å². The Morgan fingerprint density at radius 2 is 1.83 bits per heavy atom. The molecule has 5 heteroatoms. The molecule has 0 unspecified atom stereocenters. The van der Waals surface area contributed by atoms with Crippen LogP contribution in [0.25, 0.3) is 0 Å². The van der Waals surface area contributed by atoms with E-state index in [4.69, 9.17) is 4.74 Å². The molecule has 1 aromatic rings. The maximum absolute atomic E-state index is 12.1. The first kappa shape index (κ1) is 20.3. The van der Waals surface area contributed by atoms with Gasteiger partial charge in [-0.1, -0.05) is 38.1 Å². The normalized spacial score (nSPS) is 13.6. The Hall–Kier alpha value is -1.72. The molecule has 0 aromatic heterocycles. The van der Waals surface area contributed by atoms with Crippen molar-refractivity contribution in [3.8, 4) is 0 Å². The van der Waals surface area contributed by atoms with Crippen LogP contribution >= 0.6 is 0 Å². The smallest absolute Gasteiger partial charge is 0.313 e. The quantitative estimate of drug-likeness (QED) is 0.506. The molecular weight excluding hydrogens is 308 g/mol. The van der Waals surface area contributed by atoms with Crippen LogP contribution in [-0.2, 0) is 27.4 Å². The number of hydrogen-bond donors (Lipinski definition) is 2. The second-order valence-electron chi connectivity index (χ2n) is 6.38. The molecule has 24 heavy (non-hydrogen) atoms. The van der Waals surface area contributed by atoms with Gasteiger partial charge in [-0.2, -0.15) is 0 Å². The number of aryl methyl sites for hydroxylation is 1. The second kappa shape index (κ2) is 9.55. The maximum atomic E-state index is 12.1. The second-order valence-corrected chi connectivity index (χ2v) is 6.38. The molecule has 0 heterocycles. The van der Waals surface area contributed by atoms with Crippen LogP contribution in [0.1, 0.15) is 51.2 Å². The fourth-order valence-electron chi connectivity index (χ4n) is 2.66. The number of ketones is 1. The predicted octanol–water partition coefficient (Wildman–Crippen LogP) is 2.41. The first-order chi connectivity index (χ1) is 11.3. The Balaban J connectivity index is 2.74. The first-order valence-electron chi connectivity index (χ1n) is 8.39. The van der Waals surface area contributed by atoms with Crippen molar-refractivity contribution >= 4 is 11.8 Å². The lowest BCUT2D eigenvalue weighted by Gasteiger charge is -2.32. The van der Waals surface area contributed by atoms with E-state index in [1.807, 2.05) is 38.1 Å². The number of ether oxygens (including phenoxy) is 1. The number of carbonyl (C=O) groups is 2. The van der Waals surface area contributed by atoms with E-state index in [0.717, 1.165) is 11.1 Å². The number of aliphatic hydroxyl groups is 2. The van der Waals surface area contributed by atoms with Crippen LogP contribution in [0.4, 0.5) is 0 Å². The minimum Gasteiger partial charge on any atom is -0.466 e. The van der Waals surface area contributed by atoms with Crippen LogP contribution in [-0.4, -0.2) is 34.2 Å². The molecule has 0 bridgehead atoms. The minimum absolute atomic E-state index is 0.0575. The van der Waals surface area contributed by atoms with E-state index in [1.165, 1.54) is 0 Å². The van der Waals surface area contributed by atoms with Gasteiger partial charge in [-0.05, 0) is 36.8 Å². The zero-order chi connectivity index (χ0) is 18.2. The molecule has 5 nitrogen and oxygen atoms in total. The van der Waals surface area contributed by atoms with Gasteiger partial charge in [0.2, 0.25) is 0 Å². The van der Waals surface area contributed by atoms with Gasteiger partial charge in [0.1, 0.15) is 12.2 Å². The zero-order valence-electron chi connectivity index (χ0n) is 14.7. The van der Waals surface area contributed by atoms with Crippen molar-refractivity contribution in [1.82, 2.24) is 0 Å². The van der Waals surface area contributed by atoms with Gasteiger partial charge in [-0.25, -0.2) is 0 Å². The molecule has 0 saturated carbocycles. The molecule has 0 aliphatic rings. The number of carbonyl (C=O) groups excluding carboxylic acids is 2. The average molecular weight is 336 g/mol. The van der Waals surface area contributed by atoms with Crippen molar-refractivity contribution in [2.24, 2.45) is 5.92 Å². The molecule has 0 amide bonds. The fraction of sp³-hybridized carbons (Fsp3) is 0.579. The highest BCUT2D eigenvalue weighted by atomic mass is 16.5. The lowest BCUT2D eigenvalue weighted by atomic mass is 9.80. The average Bonchev–Trinajstić information content (AvgIpc) is 2.53. The van der Waals surface area contributed by atoms with E-state index in [9.17, 15) is 19.8 Å². The van der Waals surface area contributed by atoms with Gasteiger partial charge in [0.05, 0.1) is 18.8 Å². The summed E-state index contributed by atoms with van der Waals surface area (Å²) in [6.45, 7) is 5.58. The summed E-state index contributed by atoms with van der Waals surface area (Å²) < 4.78 is 4.78. The van der Waals surface area contributed by atoms with Crippen LogP contribution in [0.15, 0.2) is 24.3 Å². The maximum Gasteiger partial charge on any atom is 0.313 e. The molecule has 134 valence electrons. The van der Waals surface area contributed by atoms with Gasteiger partial charge < -0.3 is 14.9 Å². The van der Waals surface area contributed by atoms with Gasteiger partial charge in [0.15, 0.2) is 0 Å². The van der Waals surface area contributed by atoms with Crippen molar-refractivity contribution in [2.45, 2.75) is 58.7 Å². The summed E-state index contributed by atoms with van der Waals surface area (Å²) in [7, 11) is 0. The van der Waals surface area contributed by atoms with E-state index >= 15 is 0 Å². The molecule has 2 N–H and O–H groups in total.